The Morgan fingerprint density at radius 3 is 2.60 bits per heavy atom. The Hall–Kier alpha value is -1.34. The van der Waals surface area contributed by atoms with Gasteiger partial charge in [0.25, 0.3) is 0 Å². The molecule has 0 bridgehead atoms. The number of halogens is 1. The molecular formula is C13H16BrN3O2S. The van der Waals surface area contributed by atoms with Gasteiger partial charge in [-0.05, 0) is 30.7 Å². The van der Waals surface area contributed by atoms with Gasteiger partial charge in [0, 0.05) is 11.5 Å². The van der Waals surface area contributed by atoms with Crippen LogP contribution < -0.4 is 5.73 Å². The second-order valence-corrected chi connectivity index (χ2v) is 7.42. The first-order valence-electron chi connectivity index (χ1n) is 6.13. The Balaban J connectivity index is 2.38. The van der Waals surface area contributed by atoms with E-state index in [4.69, 9.17) is 5.73 Å². The van der Waals surface area contributed by atoms with Crippen molar-refractivity contribution in [1.82, 2.24) is 9.78 Å². The molecule has 0 radical (unpaired) electrons. The van der Waals surface area contributed by atoms with Crippen LogP contribution in [0, 0.1) is 0 Å². The van der Waals surface area contributed by atoms with Gasteiger partial charge in [0.05, 0.1) is 27.7 Å². The highest BCUT2D eigenvalue weighted by atomic mass is 79.9. The molecule has 1 aromatic carbocycles. The molecular weight excluding hydrogens is 342 g/mol. The number of anilines is 1. The minimum atomic E-state index is -3.48. The van der Waals surface area contributed by atoms with Crippen molar-refractivity contribution >= 4 is 31.5 Å². The van der Waals surface area contributed by atoms with E-state index >= 15 is 0 Å². The summed E-state index contributed by atoms with van der Waals surface area (Å²) in [5.41, 5.74) is 7.58. The van der Waals surface area contributed by atoms with Crippen LogP contribution in [0.2, 0.25) is 0 Å². The summed E-state index contributed by atoms with van der Waals surface area (Å²) >= 11 is 3.27. The maximum Gasteiger partial charge on any atom is 0.186 e. The van der Waals surface area contributed by atoms with E-state index in [9.17, 15) is 8.42 Å². The van der Waals surface area contributed by atoms with E-state index in [1.807, 2.05) is 13.0 Å². The minimum Gasteiger partial charge on any atom is -0.398 e. The molecule has 0 unspecified atom stereocenters. The Morgan fingerprint density at radius 2 is 2.05 bits per heavy atom. The second kappa shape index (κ2) is 5.57. The number of benzene rings is 1. The molecule has 5 nitrogen and oxygen atoms in total. The molecule has 7 heteroatoms. The van der Waals surface area contributed by atoms with Crippen molar-refractivity contribution in [3.63, 3.8) is 0 Å². The van der Waals surface area contributed by atoms with E-state index < -0.39 is 9.84 Å². The quantitative estimate of drug-likeness (QED) is 0.851. The Morgan fingerprint density at radius 1 is 1.35 bits per heavy atom. The average molecular weight is 358 g/mol. The van der Waals surface area contributed by atoms with Crippen LogP contribution in [0.15, 0.2) is 33.6 Å². The number of hydrogen-bond acceptors (Lipinski definition) is 4. The van der Waals surface area contributed by atoms with Crippen LogP contribution in [0.25, 0.3) is 0 Å². The van der Waals surface area contributed by atoms with E-state index in [1.165, 1.54) is 6.07 Å². The van der Waals surface area contributed by atoms with Gasteiger partial charge in [0.15, 0.2) is 9.84 Å². The number of nitrogens with two attached hydrogens (primary N) is 1. The van der Waals surface area contributed by atoms with Gasteiger partial charge in [-0.3, -0.25) is 4.68 Å². The molecule has 0 aliphatic rings. The van der Waals surface area contributed by atoms with Crippen LogP contribution in [0.1, 0.15) is 18.3 Å². The lowest BCUT2D eigenvalue weighted by molar-refractivity contribution is 0.592. The standard InChI is InChI=1S/C13H16BrN3O2S/c1-3-10-7-11(17(2)16-10)8-20(18,19)13-5-4-9(14)6-12(13)15/h4-7H,3,8,15H2,1-2H3. The zero-order valence-electron chi connectivity index (χ0n) is 11.3. The van der Waals surface area contributed by atoms with Crippen LogP contribution in [0.3, 0.4) is 0 Å². The Labute approximate surface area is 126 Å². The average Bonchev–Trinajstić information content (AvgIpc) is 2.69. The number of sulfone groups is 1. The van der Waals surface area contributed by atoms with E-state index in [2.05, 4.69) is 21.0 Å². The van der Waals surface area contributed by atoms with E-state index in [0.717, 1.165) is 16.6 Å². The molecule has 2 rings (SSSR count). The summed E-state index contributed by atoms with van der Waals surface area (Å²) in [5.74, 6) is -0.109. The maximum absolute atomic E-state index is 12.4. The molecule has 0 fully saturated rings. The zero-order valence-corrected chi connectivity index (χ0v) is 13.7. The fraction of sp³-hybridized carbons (Fsp3) is 0.308. The zero-order chi connectivity index (χ0) is 14.9. The summed E-state index contributed by atoms with van der Waals surface area (Å²) in [6, 6.07) is 6.59. The highest BCUT2D eigenvalue weighted by Crippen LogP contribution is 2.25. The van der Waals surface area contributed by atoms with Crippen molar-refractivity contribution in [2.75, 3.05) is 5.73 Å². The SMILES string of the molecule is CCc1cc(CS(=O)(=O)c2ccc(Br)cc2N)n(C)n1. The molecule has 0 aliphatic carbocycles. The second-order valence-electron chi connectivity index (χ2n) is 4.55. The topological polar surface area (TPSA) is 78.0 Å². The fourth-order valence-electron chi connectivity index (χ4n) is 1.95. The van der Waals surface area contributed by atoms with Crippen LogP contribution >= 0.6 is 15.9 Å². The van der Waals surface area contributed by atoms with Gasteiger partial charge in [0.1, 0.15) is 0 Å². The summed E-state index contributed by atoms with van der Waals surface area (Å²) in [5, 5.41) is 4.26. The largest absolute Gasteiger partial charge is 0.398 e. The molecule has 20 heavy (non-hydrogen) atoms. The lowest BCUT2D eigenvalue weighted by Gasteiger charge is -2.08. The number of rotatable bonds is 4. The summed E-state index contributed by atoms with van der Waals surface area (Å²) in [7, 11) is -1.74. The van der Waals surface area contributed by atoms with Gasteiger partial charge in [-0.15, -0.1) is 0 Å². The maximum atomic E-state index is 12.4. The number of nitrogen functional groups attached to an aromatic ring is 1. The molecule has 0 amide bonds. The van der Waals surface area contributed by atoms with Crippen molar-refractivity contribution in [1.29, 1.82) is 0 Å². The lowest BCUT2D eigenvalue weighted by atomic mass is 10.3. The first-order chi connectivity index (χ1) is 9.33. The smallest absolute Gasteiger partial charge is 0.186 e. The molecule has 1 aromatic heterocycles. The van der Waals surface area contributed by atoms with Crippen molar-refractivity contribution in [2.45, 2.75) is 24.0 Å². The van der Waals surface area contributed by atoms with Gasteiger partial charge < -0.3 is 5.73 Å². The van der Waals surface area contributed by atoms with Crippen molar-refractivity contribution in [3.05, 3.63) is 40.1 Å². The fourth-order valence-corrected chi connectivity index (χ4v) is 3.84. The van der Waals surface area contributed by atoms with Gasteiger partial charge >= 0.3 is 0 Å². The monoisotopic (exact) mass is 357 g/mol. The van der Waals surface area contributed by atoms with Gasteiger partial charge in [0.2, 0.25) is 0 Å². The van der Waals surface area contributed by atoms with E-state index in [-0.39, 0.29) is 16.3 Å². The van der Waals surface area contributed by atoms with Crippen molar-refractivity contribution in [2.24, 2.45) is 7.05 Å². The van der Waals surface area contributed by atoms with E-state index in [1.54, 1.807) is 23.9 Å². The van der Waals surface area contributed by atoms with Crippen molar-refractivity contribution < 1.29 is 8.42 Å². The van der Waals surface area contributed by atoms with E-state index in [0.29, 0.717) is 5.69 Å². The normalized spacial score (nSPS) is 11.8. The van der Waals surface area contributed by atoms with Crippen LogP contribution in [-0.2, 0) is 29.1 Å². The third kappa shape index (κ3) is 3.04. The highest BCUT2D eigenvalue weighted by molar-refractivity contribution is 9.10. The van der Waals surface area contributed by atoms with Gasteiger partial charge in [-0.1, -0.05) is 22.9 Å². The number of nitrogens with zero attached hydrogens (tertiary/aromatic N) is 2. The minimum absolute atomic E-state index is 0.109. The van der Waals surface area contributed by atoms with Crippen LogP contribution in [0.5, 0.6) is 0 Å². The molecule has 0 atom stereocenters. The summed E-state index contributed by atoms with van der Waals surface area (Å²) in [6.45, 7) is 1.98. The first kappa shape index (κ1) is 15.1. The number of aryl methyl sites for hydroxylation is 2. The molecule has 2 N–H and O–H groups in total. The molecule has 0 saturated heterocycles. The molecule has 0 spiro atoms. The Bertz CT molecular complexity index is 738. The summed E-state index contributed by atoms with van der Waals surface area (Å²) in [4.78, 5) is 0.153. The van der Waals surface area contributed by atoms with Gasteiger partial charge in [-0.2, -0.15) is 5.10 Å². The summed E-state index contributed by atoms with van der Waals surface area (Å²) in [6.07, 6.45) is 0.772. The molecule has 0 saturated carbocycles. The molecule has 108 valence electrons. The predicted molar refractivity (Wildman–Crippen MR) is 82.0 cm³/mol. The first-order valence-corrected chi connectivity index (χ1v) is 8.57. The Kier molecular flexibility index (Phi) is 4.19. The van der Waals surface area contributed by atoms with Crippen molar-refractivity contribution in [3.8, 4) is 0 Å². The third-order valence-corrected chi connectivity index (χ3v) is 5.25. The molecule has 0 aliphatic heterocycles. The predicted octanol–water partition coefficient (Wildman–Crippen LogP) is 2.30. The number of aromatic nitrogens is 2. The molecule has 1 heterocycles. The van der Waals surface area contributed by atoms with Gasteiger partial charge in [-0.25, -0.2) is 8.42 Å². The number of hydrogen-bond donors (Lipinski definition) is 1. The molecule has 2 aromatic rings. The summed E-state index contributed by atoms with van der Waals surface area (Å²) < 4.78 is 27.2. The lowest BCUT2D eigenvalue weighted by Crippen LogP contribution is -2.10. The third-order valence-electron chi connectivity index (χ3n) is 3.03. The van der Waals surface area contributed by atoms with Crippen LogP contribution in [0.4, 0.5) is 5.69 Å². The van der Waals surface area contributed by atoms with Crippen LogP contribution in [-0.4, -0.2) is 18.2 Å². The highest BCUT2D eigenvalue weighted by Gasteiger charge is 2.20.